The minimum Gasteiger partial charge on any atom is -0.460 e. The van der Waals surface area contributed by atoms with Crippen molar-refractivity contribution in [2.45, 2.75) is 13.5 Å². The van der Waals surface area contributed by atoms with Gasteiger partial charge < -0.3 is 14.3 Å². The van der Waals surface area contributed by atoms with Crippen LogP contribution in [0.3, 0.4) is 0 Å². The number of carbonyl (C=O) groups excluding carboxylic acids is 1. The fourth-order valence-electron chi connectivity index (χ4n) is 0.680. The molecule has 0 atom stereocenters. The van der Waals surface area contributed by atoms with Crippen LogP contribution in [0.1, 0.15) is 23.4 Å². The van der Waals surface area contributed by atoms with Crippen LogP contribution >= 0.6 is 0 Å². The highest BCUT2D eigenvalue weighted by Gasteiger charge is 2.12. The van der Waals surface area contributed by atoms with Crippen LogP contribution in [0, 0.1) is 0 Å². The van der Waals surface area contributed by atoms with Crippen LogP contribution < -0.4 is 0 Å². The second-order valence-corrected chi connectivity index (χ2v) is 2.00. The Kier molecular flexibility index (Phi) is 2.82. The largest absolute Gasteiger partial charge is 0.460 e. The van der Waals surface area contributed by atoms with E-state index in [1.54, 1.807) is 6.92 Å². The molecule has 1 aromatic heterocycles. The lowest BCUT2D eigenvalue weighted by molar-refractivity contribution is 0.0485. The number of aromatic nitrogens is 1. The number of rotatable bonds is 3. The number of oxazole rings is 1. The summed E-state index contributed by atoms with van der Waals surface area (Å²) in [6.45, 7) is 1.66. The molecule has 0 saturated heterocycles. The summed E-state index contributed by atoms with van der Waals surface area (Å²) in [4.78, 5) is 14.6. The number of hydrogen-bond donors (Lipinski definition) is 1. The van der Waals surface area contributed by atoms with Gasteiger partial charge in [0.05, 0.1) is 12.8 Å². The molecular weight excluding hydrogens is 162 g/mol. The summed E-state index contributed by atoms with van der Waals surface area (Å²) in [6, 6.07) is 0. The fourth-order valence-corrected chi connectivity index (χ4v) is 0.680. The number of ether oxygens (including phenoxy) is 1. The highest BCUT2D eigenvalue weighted by atomic mass is 16.5. The lowest BCUT2D eigenvalue weighted by Crippen LogP contribution is -2.02. The summed E-state index contributed by atoms with van der Waals surface area (Å²) in [5.74, 6) is -0.441. The topological polar surface area (TPSA) is 72.6 Å². The molecule has 66 valence electrons. The van der Waals surface area contributed by atoms with Gasteiger partial charge in [-0.1, -0.05) is 0 Å². The molecule has 1 rings (SSSR count). The van der Waals surface area contributed by atoms with Gasteiger partial charge in [0.2, 0.25) is 11.7 Å². The van der Waals surface area contributed by atoms with E-state index in [2.05, 4.69) is 9.72 Å². The standard InChI is InChI=1S/C7H9NO4/c1-2-11-7(10)5-3-8-6(4-9)12-5/h3,9H,2,4H2,1H3. The maximum atomic E-state index is 10.9. The molecule has 0 spiro atoms. The number of hydrogen-bond acceptors (Lipinski definition) is 5. The molecule has 0 unspecified atom stereocenters. The predicted octanol–water partition coefficient (Wildman–Crippen LogP) is 0.344. The average molecular weight is 171 g/mol. The lowest BCUT2D eigenvalue weighted by atomic mass is 10.5. The Balaban J connectivity index is 2.68. The third-order valence-electron chi connectivity index (χ3n) is 1.17. The normalized spacial score (nSPS) is 9.83. The summed E-state index contributed by atoms with van der Waals surface area (Å²) in [5.41, 5.74) is 0. The van der Waals surface area contributed by atoms with Gasteiger partial charge in [-0.15, -0.1) is 0 Å². The van der Waals surface area contributed by atoms with E-state index in [9.17, 15) is 4.79 Å². The van der Waals surface area contributed by atoms with Crippen LogP contribution in [-0.4, -0.2) is 22.7 Å². The molecule has 12 heavy (non-hydrogen) atoms. The molecule has 0 fully saturated rings. The Morgan fingerprint density at radius 3 is 3.08 bits per heavy atom. The Labute approximate surface area is 69.0 Å². The van der Waals surface area contributed by atoms with E-state index in [1.807, 2.05) is 0 Å². The average Bonchev–Trinajstić information content (AvgIpc) is 2.52. The number of nitrogens with zero attached hydrogens (tertiary/aromatic N) is 1. The first kappa shape index (κ1) is 8.73. The summed E-state index contributed by atoms with van der Waals surface area (Å²) >= 11 is 0. The number of aliphatic hydroxyl groups excluding tert-OH is 1. The summed E-state index contributed by atoms with van der Waals surface area (Å²) < 4.78 is 9.44. The molecule has 1 aromatic rings. The SMILES string of the molecule is CCOC(=O)c1cnc(CO)o1. The molecule has 0 aliphatic rings. The van der Waals surface area contributed by atoms with Gasteiger partial charge in [-0.05, 0) is 6.92 Å². The van der Waals surface area contributed by atoms with E-state index < -0.39 is 5.97 Å². The molecule has 0 bridgehead atoms. The van der Waals surface area contributed by atoms with E-state index in [1.165, 1.54) is 6.20 Å². The summed E-state index contributed by atoms with van der Waals surface area (Å²) in [6.07, 6.45) is 1.23. The van der Waals surface area contributed by atoms with E-state index >= 15 is 0 Å². The molecule has 0 saturated carbocycles. The fraction of sp³-hybridized carbons (Fsp3) is 0.429. The zero-order valence-electron chi connectivity index (χ0n) is 6.61. The monoisotopic (exact) mass is 171 g/mol. The van der Waals surface area contributed by atoms with Crippen LogP contribution in [0.25, 0.3) is 0 Å². The van der Waals surface area contributed by atoms with Crippen molar-refractivity contribution >= 4 is 5.97 Å². The van der Waals surface area contributed by atoms with E-state index in [0.717, 1.165) is 0 Å². The molecule has 5 heteroatoms. The zero-order valence-corrected chi connectivity index (χ0v) is 6.61. The van der Waals surface area contributed by atoms with Gasteiger partial charge in [-0.3, -0.25) is 0 Å². The van der Waals surface area contributed by atoms with Crippen molar-refractivity contribution in [1.29, 1.82) is 0 Å². The van der Waals surface area contributed by atoms with Crippen molar-refractivity contribution in [2.24, 2.45) is 0 Å². The highest BCUT2D eigenvalue weighted by Crippen LogP contribution is 2.04. The first-order chi connectivity index (χ1) is 5.77. The quantitative estimate of drug-likeness (QED) is 0.664. The van der Waals surface area contributed by atoms with Crippen molar-refractivity contribution in [3.8, 4) is 0 Å². The Morgan fingerprint density at radius 2 is 2.58 bits per heavy atom. The number of carbonyl (C=O) groups is 1. The third-order valence-corrected chi connectivity index (χ3v) is 1.17. The van der Waals surface area contributed by atoms with Crippen molar-refractivity contribution < 1.29 is 19.1 Å². The summed E-state index contributed by atoms with van der Waals surface area (Å²) in [5, 5.41) is 8.55. The first-order valence-electron chi connectivity index (χ1n) is 3.50. The van der Waals surface area contributed by atoms with Gasteiger partial charge >= 0.3 is 5.97 Å². The number of esters is 1. The van der Waals surface area contributed by atoms with Crippen molar-refractivity contribution in [3.63, 3.8) is 0 Å². The Morgan fingerprint density at radius 1 is 1.83 bits per heavy atom. The number of aliphatic hydroxyl groups is 1. The van der Waals surface area contributed by atoms with Crippen LogP contribution in [-0.2, 0) is 11.3 Å². The van der Waals surface area contributed by atoms with Gasteiger partial charge in [0, 0.05) is 0 Å². The second kappa shape index (κ2) is 3.87. The predicted molar refractivity (Wildman–Crippen MR) is 38.4 cm³/mol. The van der Waals surface area contributed by atoms with E-state index in [0.29, 0.717) is 0 Å². The Bertz CT molecular complexity index is 268. The molecule has 5 nitrogen and oxygen atoms in total. The molecule has 0 amide bonds. The van der Waals surface area contributed by atoms with Crippen molar-refractivity contribution in [2.75, 3.05) is 6.61 Å². The minimum atomic E-state index is -0.565. The van der Waals surface area contributed by atoms with Crippen LogP contribution in [0.5, 0.6) is 0 Å². The molecule has 1 heterocycles. The van der Waals surface area contributed by atoms with Crippen LogP contribution in [0.15, 0.2) is 10.6 Å². The minimum absolute atomic E-state index is 0.0147. The molecule has 0 radical (unpaired) electrons. The van der Waals surface area contributed by atoms with Gasteiger partial charge in [0.1, 0.15) is 6.61 Å². The highest BCUT2D eigenvalue weighted by molar-refractivity contribution is 5.85. The molecule has 0 aliphatic carbocycles. The Hall–Kier alpha value is -1.36. The lowest BCUT2D eigenvalue weighted by Gasteiger charge is -1.95. The van der Waals surface area contributed by atoms with Crippen molar-refractivity contribution in [3.05, 3.63) is 17.8 Å². The molecular formula is C7H9NO4. The van der Waals surface area contributed by atoms with E-state index in [4.69, 9.17) is 9.52 Å². The maximum absolute atomic E-state index is 10.9. The first-order valence-corrected chi connectivity index (χ1v) is 3.50. The third kappa shape index (κ3) is 1.82. The van der Waals surface area contributed by atoms with E-state index in [-0.39, 0.29) is 24.9 Å². The smallest absolute Gasteiger partial charge is 0.375 e. The zero-order chi connectivity index (χ0) is 8.97. The van der Waals surface area contributed by atoms with Crippen LogP contribution in [0.4, 0.5) is 0 Å². The second-order valence-electron chi connectivity index (χ2n) is 2.00. The van der Waals surface area contributed by atoms with Crippen LogP contribution in [0.2, 0.25) is 0 Å². The molecule has 0 aromatic carbocycles. The van der Waals surface area contributed by atoms with Gasteiger partial charge in [0.25, 0.3) is 0 Å². The molecule has 1 N–H and O–H groups in total. The molecule has 0 aliphatic heterocycles. The maximum Gasteiger partial charge on any atom is 0.375 e. The van der Waals surface area contributed by atoms with Gasteiger partial charge in [-0.25, -0.2) is 9.78 Å². The summed E-state index contributed by atoms with van der Waals surface area (Å²) in [7, 11) is 0. The van der Waals surface area contributed by atoms with Gasteiger partial charge in [0.15, 0.2) is 0 Å². The van der Waals surface area contributed by atoms with Gasteiger partial charge in [-0.2, -0.15) is 0 Å². The van der Waals surface area contributed by atoms with Crippen molar-refractivity contribution in [1.82, 2.24) is 4.98 Å².